The average molecular weight is 301 g/mol. The maximum Gasteiger partial charge on any atom is 0.305 e. The van der Waals surface area contributed by atoms with E-state index in [2.05, 4.69) is 26.2 Å². The van der Waals surface area contributed by atoms with Crippen LogP contribution in [-0.2, 0) is 4.79 Å². The molecule has 92 valence electrons. The van der Waals surface area contributed by atoms with Crippen LogP contribution in [0.15, 0.2) is 16.7 Å². The molecule has 0 bridgehead atoms. The van der Waals surface area contributed by atoms with Gasteiger partial charge in [-0.3, -0.25) is 9.59 Å². The molecule has 1 aliphatic rings. The number of carboxylic acid groups (broad SMARTS) is 1. The minimum absolute atomic E-state index is 0.0133. The molecule has 2 rings (SSSR count). The molecule has 1 amide bonds. The number of hydrogen-bond donors (Lipinski definition) is 3. The highest BCUT2D eigenvalue weighted by Crippen LogP contribution is 2.35. The van der Waals surface area contributed by atoms with Gasteiger partial charge in [-0.05, 0) is 41.3 Å². The van der Waals surface area contributed by atoms with Gasteiger partial charge in [0.15, 0.2) is 0 Å². The second kappa shape index (κ2) is 4.52. The third-order valence-corrected chi connectivity index (χ3v) is 3.53. The molecule has 1 heterocycles. The van der Waals surface area contributed by atoms with Crippen molar-refractivity contribution in [3.8, 4) is 0 Å². The quantitative estimate of drug-likeness (QED) is 0.794. The molecule has 17 heavy (non-hydrogen) atoms. The van der Waals surface area contributed by atoms with E-state index in [9.17, 15) is 9.59 Å². The summed E-state index contributed by atoms with van der Waals surface area (Å²) < 4.78 is 0.795. The molecule has 0 spiro atoms. The molecule has 5 nitrogen and oxygen atoms in total. The van der Waals surface area contributed by atoms with Gasteiger partial charge in [0.25, 0.3) is 5.91 Å². The van der Waals surface area contributed by atoms with Gasteiger partial charge in [0.05, 0.1) is 12.0 Å². The highest BCUT2D eigenvalue weighted by atomic mass is 79.9. The first kappa shape index (κ1) is 12.2. The number of carbonyl (C=O) groups is 2. The molecule has 0 aromatic carbocycles. The Labute approximate surface area is 107 Å². The van der Waals surface area contributed by atoms with E-state index in [1.807, 2.05) is 0 Å². The lowest BCUT2D eigenvalue weighted by molar-refractivity contribution is -0.139. The third-order valence-electron chi connectivity index (χ3n) is 3.07. The highest BCUT2D eigenvalue weighted by molar-refractivity contribution is 9.10. The van der Waals surface area contributed by atoms with E-state index < -0.39 is 11.5 Å². The van der Waals surface area contributed by atoms with Gasteiger partial charge >= 0.3 is 5.97 Å². The fourth-order valence-electron chi connectivity index (χ4n) is 2.05. The number of carboxylic acids is 1. The van der Waals surface area contributed by atoms with Gasteiger partial charge < -0.3 is 15.4 Å². The lowest BCUT2D eigenvalue weighted by atomic mass is 9.74. The zero-order chi connectivity index (χ0) is 12.5. The van der Waals surface area contributed by atoms with Crippen molar-refractivity contribution in [1.82, 2.24) is 10.3 Å². The fourth-order valence-corrected chi connectivity index (χ4v) is 2.39. The first-order chi connectivity index (χ1) is 8.01. The summed E-state index contributed by atoms with van der Waals surface area (Å²) in [6.45, 7) is 0. The van der Waals surface area contributed by atoms with Crippen LogP contribution in [-0.4, -0.2) is 27.5 Å². The number of nitrogens with one attached hydrogen (secondary N) is 2. The molecule has 6 heteroatoms. The Morgan fingerprint density at radius 2 is 2.24 bits per heavy atom. The number of aromatic amines is 1. The Morgan fingerprint density at radius 3 is 2.65 bits per heavy atom. The van der Waals surface area contributed by atoms with Crippen LogP contribution in [0.4, 0.5) is 0 Å². The molecule has 0 atom stereocenters. The van der Waals surface area contributed by atoms with Crippen molar-refractivity contribution in [3.63, 3.8) is 0 Å². The molecule has 1 fully saturated rings. The minimum Gasteiger partial charge on any atom is -0.481 e. The summed E-state index contributed by atoms with van der Waals surface area (Å²) in [5.74, 6) is -1.13. The lowest BCUT2D eigenvalue weighted by Crippen LogP contribution is -2.54. The summed E-state index contributed by atoms with van der Waals surface area (Å²) in [5, 5.41) is 11.7. The molecule has 1 saturated carbocycles. The molecular formula is C11H13BrN2O3. The first-order valence-corrected chi connectivity index (χ1v) is 6.18. The number of rotatable bonds is 4. The van der Waals surface area contributed by atoms with Crippen LogP contribution in [0.25, 0.3) is 0 Å². The van der Waals surface area contributed by atoms with Crippen molar-refractivity contribution in [2.24, 2.45) is 0 Å². The molecule has 0 aliphatic heterocycles. The Balaban J connectivity index is 2.04. The van der Waals surface area contributed by atoms with Crippen molar-refractivity contribution in [2.45, 2.75) is 31.2 Å². The van der Waals surface area contributed by atoms with Gasteiger partial charge in [0.2, 0.25) is 0 Å². The Morgan fingerprint density at radius 1 is 1.53 bits per heavy atom. The summed E-state index contributed by atoms with van der Waals surface area (Å²) >= 11 is 3.25. The van der Waals surface area contributed by atoms with Gasteiger partial charge in [-0.25, -0.2) is 0 Å². The minimum atomic E-state index is -0.877. The van der Waals surface area contributed by atoms with E-state index in [0.29, 0.717) is 5.69 Å². The van der Waals surface area contributed by atoms with Crippen LogP contribution >= 0.6 is 15.9 Å². The smallest absolute Gasteiger partial charge is 0.305 e. The van der Waals surface area contributed by atoms with Gasteiger partial charge in [0.1, 0.15) is 5.69 Å². The second-order valence-electron chi connectivity index (χ2n) is 4.39. The van der Waals surface area contributed by atoms with Crippen molar-refractivity contribution in [1.29, 1.82) is 0 Å². The first-order valence-electron chi connectivity index (χ1n) is 5.39. The molecule has 0 unspecified atom stereocenters. The van der Waals surface area contributed by atoms with E-state index >= 15 is 0 Å². The molecule has 3 N–H and O–H groups in total. The number of H-pyrrole nitrogens is 1. The summed E-state index contributed by atoms with van der Waals surface area (Å²) in [6, 6.07) is 1.67. The summed E-state index contributed by atoms with van der Waals surface area (Å²) in [7, 11) is 0. The van der Waals surface area contributed by atoms with Crippen LogP contribution in [0.2, 0.25) is 0 Å². The largest absolute Gasteiger partial charge is 0.481 e. The zero-order valence-electron chi connectivity index (χ0n) is 9.12. The van der Waals surface area contributed by atoms with Crippen molar-refractivity contribution < 1.29 is 14.7 Å². The van der Waals surface area contributed by atoms with E-state index in [0.717, 1.165) is 23.7 Å². The average Bonchev–Trinajstić information content (AvgIpc) is 2.60. The monoisotopic (exact) mass is 300 g/mol. The standard InChI is InChI=1S/C11H13BrN2O3/c12-7-4-8(13-6-7)10(17)14-11(2-1-3-11)5-9(15)16/h4,6,13H,1-3,5H2,(H,14,17)(H,15,16). The Hall–Kier alpha value is -1.30. The zero-order valence-corrected chi connectivity index (χ0v) is 10.7. The fraction of sp³-hybridized carbons (Fsp3) is 0.455. The summed E-state index contributed by atoms with van der Waals surface area (Å²) in [6.07, 6.45) is 4.07. The lowest BCUT2D eigenvalue weighted by Gasteiger charge is -2.41. The van der Waals surface area contributed by atoms with E-state index in [1.165, 1.54) is 0 Å². The molecule has 1 aromatic rings. The van der Waals surface area contributed by atoms with E-state index in [1.54, 1.807) is 12.3 Å². The van der Waals surface area contributed by atoms with Crippen molar-refractivity contribution >= 4 is 27.8 Å². The second-order valence-corrected chi connectivity index (χ2v) is 5.31. The van der Waals surface area contributed by atoms with E-state index in [-0.39, 0.29) is 12.3 Å². The van der Waals surface area contributed by atoms with Crippen molar-refractivity contribution in [3.05, 3.63) is 22.4 Å². The SMILES string of the molecule is O=C(O)CC1(NC(=O)c2cc(Br)c[nH]2)CCC1. The van der Waals surface area contributed by atoms with Crippen LogP contribution in [0.3, 0.4) is 0 Å². The predicted molar refractivity (Wildman–Crippen MR) is 64.8 cm³/mol. The van der Waals surface area contributed by atoms with Gasteiger partial charge in [0, 0.05) is 10.7 Å². The molecular weight excluding hydrogens is 288 g/mol. The number of aliphatic carboxylic acids is 1. The molecule has 1 aromatic heterocycles. The summed E-state index contributed by atoms with van der Waals surface area (Å²) in [5.41, 5.74) is -0.117. The van der Waals surface area contributed by atoms with E-state index in [4.69, 9.17) is 5.11 Å². The van der Waals surface area contributed by atoms with Gasteiger partial charge in [-0.1, -0.05) is 0 Å². The number of amides is 1. The van der Waals surface area contributed by atoms with Gasteiger partial charge in [-0.15, -0.1) is 0 Å². The summed E-state index contributed by atoms with van der Waals surface area (Å²) in [4.78, 5) is 25.5. The Kier molecular flexibility index (Phi) is 3.24. The number of halogens is 1. The number of hydrogen-bond acceptors (Lipinski definition) is 2. The predicted octanol–water partition coefficient (Wildman–Crippen LogP) is 1.90. The number of aromatic nitrogens is 1. The van der Waals surface area contributed by atoms with Crippen molar-refractivity contribution in [2.75, 3.05) is 0 Å². The van der Waals surface area contributed by atoms with Crippen LogP contribution < -0.4 is 5.32 Å². The van der Waals surface area contributed by atoms with Crippen LogP contribution in [0.5, 0.6) is 0 Å². The number of carbonyl (C=O) groups excluding carboxylic acids is 1. The Bertz CT molecular complexity index is 451. The van der Waals surface area contributed by atoms with Crippen LogP contribution in [0.1, 0.15) is 36.2 Å². The normalized spacial score (nSPS) is 17.2. The van der Waals surface area contributed by atoms with Crippen LogP contribution in [0, 0.1) is 0 Å². The highest BCUT2D eigenvalue weighted by Gasteiger charge is 2.40. The molecule has 0 radical (unpaired) electrons. The third kappa shape index (κ3) is 2.69. The molecule has 1 aliphatic carbocycles. The molecule has 0 saturated heterocycles. The maximum atomic E-state index is 11.9. The maximum absolute atomic E-state index is 11.9. The topological polar surface area (TPSA) is 82.2 Å². The van der Waals surface area contributed by atoms with Gasteiger partial charge in [-0.2, -0.15) is 0 Å².